The molecule has 0 bridgehead atoms. The Balaban J connectivity index is 2.13. The molecule has 5 nitrogen and oxygen atoms in total. The molecule has 0 radical (unpaired) electrons. The van der Waals surface area contributed by atoms with Crippen molar-refractivity contribution in [2.75, 3.05) is 33.0 Å². The molecule has 0 saturated carbocycles. The third-order valence-electron chi connectivity index (χ3n) is 1.75. The Morgan fingerprint density at radius 3 is 2.64 bits per heavy atom. The number of carbonyl (C=O) groups excluding carboxylic acids is 1. The average molecular weight is 210 g/mol. The first-order valence-electron chi connectivity index (χ1n) is 4.22. The van der Waals surface area contributed by atoms with Gasteiger partial charge < -0.3 is 15.0 Å². The van der Waals surface area contributed by atoms with E-state index in [1.165, 1.54) is 4.90 Å². The van der Waals surface area contributed by atoms with E-state index in [0.29, 0.717) is 26.2 Å². The number of rotatable bonds is 3. The normalized spacial score (nSPS) is 17.2. The average Bonchev–Trinajstić information content (AvgIpc) is 2.18. The first-order valence-corrected chi connectivity index (χ1v) is 4.22. The zero-order chi connectivity index (χ0) is 10.4. The van der Waals surface area contributed by atoms with Crippen molar-refractivity contribution in [3.05, 3.63) is 0 Å². The van der Waals surface area contributed by atoms with Crippen LogP contribution >= 0.6 is 0 Å². The summed E-state index contributed by atoms with van der Waals surface area (Å²) in [4.78, 5) is 12.6. The van der Waals surface area contributed by atoms with Gasteiger partial charge in [0.1, 0.15) is 0 Å². The summed E-state index contributed by atoms with van der Waals surface area (Å²) in [5.41, 5.74) is 0. The molecule has 0 spiro atoms. The monoisotopic (exact) mass is 210 g/mol. The van der Waals surface area contributed by atoms with Crippen LogP contribution in [0.5, 0.6) is 0 Å². The van der Waals surface area contributed by atoms with Crippen LogP contribution in [0.3, 0.4) is 0 Å². The van der Waals surface area contributed by atoms with Crippen LogP contribution in [0.25, 0.3) is 0 Å². The van der Waals surface area contributed by atoms with Gasteiger partial charge >= 0.3 is 12.7 Å². The van der Waals surface area contributed by atoms with E-state index in [4.69, 9.17) is 0 Å². The molecule has 82 valence electrons. The fourth-order valence-electron chi connectivity index (χ4n) is 1.07. The molecule has 0 aromatic carbocycles. The second-order valence-electron chi connectivity index (χ2n) is 2.69. The van der Waals surface area contributed by atoms with Crippen molar-refractivity contribution >= 4 is 6.09 Å². The predicted molar refractivity (Wildman–Crippen MR) is 42.9 cm³/mol. The third kappa shape index (κ3) is 3.84. The Hall–Kier alpha value is -0.950. The first-order chi connectivity index (χ1) is 6.70. The van der Waals surface area contributed by atoms with Crippen LogP contribution in [-0.2, 0) is 9.47 Å². The van der Waals surface area contributed by atoms with Crippen LogP contribution in [0.2, 0.25) is 0 Å². The summed E-state index contributed by atoms with van der Waals surface area (Å²) in [7, 11) is 0. The van der Waals surface area contributed by atoms with Gasteiger partial charge in [0.2, 0.25) is 0 Å². The van der Waals surface area contributed by atoms with E-state index in [9.17, 15) is 13.6 Å². The summed E-state index contributed by atoms with van der Waals surface area (Å²) < 4.78 is 31.2. The topological polar surface area (TPSA) is 50.8 Å². The van der Waals surface area contributed by atoms with Gasteiger partial charge in [-0.2, -0.15) is 8.78 Å². The van der Waals surface area contributed by atoms with E-state index in [0.717, 1.165) is 0 Å². The lowest BCUT2D eigenvalue weighted by atomic mass is 10.4. The molecule has 14 heavy (non-hydrogen) atoms. The molecule has 1 aliphatic heterocycles. The zero-order valence-electron chi connectivity index (χ0n) is 7.54. The van der Waals surface area contributed by atoms with E-state index in [2.05, 4.69) is 14.8 Å². The number of piperazine rings is 1. The van der Waals surface area contributed by atoms with Gasteiger partial charge in [0.15, 0.2) is 6.79 Å². The molecule has 1 aliphatic rings. The summed E-state index contributed by atoms with van der Waals surface area (Å²) in [6, 6.07) is 0. The van der Waals surface area contributed by atoms with Gasteiger partial charge in [0.05, 0.1) is 0 Å². The van der Waals surface area contributed by atoms with Gasteiger partial charge in [-0.1, -0.05) is 0 Å². The van der Waals surface area contributed by atoms with E-state index < -0.39 is 19.5 Å². The van der Waals surface area contributed by atoms with E-state index in [-0.39, 0.29) is 0 Å². The quantitative estimate of drug-likeness (QED) is 0.677. The molecular weight excluding hydrogens is 198 g/mol. The van der Waals surface area contributed by atoms with Gasteiger partial charge in [0.25, 0.3) is 0 Å². The Labute approximate surface area is 80.0 Å². The molecule has 0 aromatic heterocycles. The van der Waals surface area contributed by atoms with Gasteiger partial charge in [0, 0.05) is 26.2 Å². The smallest absolute Gasteiger partial charge is 0.411 e. The maximum Gasteiger partial charge on any atom is 0.411 e. The van der Waals surface area contributed by atoms with Crippen molar-refractivity contribution in [1.82, 2.24) is 10.2 Å². The second-order valence-corrected chi connectivity index (χ2v) is 2.69. The lowest BCUT2D eigenvalue weighted by Gasteiger charge is -2.26. The van der Waals surface area contributed by atoms with E-state index in [1.807, 2.05) is 0 Å². The van der Waals surface area contributed by atoms with Crippen LogP contribution in [-0.4, -0.2) is 50.6 Å². The molecule has 0 atom stereocenters. The van der Waals surface area contributed by atoms with E-state index in [1.54, 1.807) is 0 Å². The van der Waals surface area contributed by atoms with Crippen molar-refractivity contribution in [3.63, 3.8) is 0 Å². The van der Waals surface area contributed by atoms with Crippen molar-refractivity contribution in [2.24, 2.45) is 0 Å². The van der Waals surface area contributed by atoms with Gasteiger partial charge in [-0.25, -0.2) is 4.79 Å². The Kier molecular flexibility index (Phi) is 4.54. The number of halogens is 2. The van der Waals surface area contributed by atoms with Crippen molar-refractivity contribution in [2.45, 2.75) is 6.61 Å². The number of hydrogen-bond acceptors (Lipinski definition) is 4. The van der Waals surface area contributed by atoms with Crippen LogP contribution in [0.4, 0.5) is 13.6 Å². The lowest BCUT2D eigenvalue weighted by Crippen LogP contribution is -2.46. The SMILES string of the molecule is O=C(OCOC(F)F)N1CCNCC1. The predicted octanol–water partition coefficient (Wildman–Crippen LogP) is 0.225. The fourth-order valence-corrected chi connectivity index (χ4v) is 1.07. The molecule has 1 fully saturated rings. The number of amides is 1. The molecule has 1 N–H and O–H groups in total. The lowest BCUT2D eigenvalue weighted by molar-refractivity contribution is -0.177. The van der Waals surface area contributed by atoms with Crippen molar-refractivity contribution in [3.8, 4) is 0 Å². The molecule has 0 aliphatic carbocycles. The molecule has 1 saturated heterocycles. The molecule has 7 heteroatoms. The fraction of sp³-hybridized carbons (Fsp3) is 0.857. The highest BCUT2D eigenvalue weighted by atomic mass is 19.3. The first kappa shape index (κ1) is 11.1. The largest absolute Gasteiger partial charge is 0.422 e. The van der Waals surface area contributed by atoms with Crippen molar-refractivity contribution < 1.29 is 23.0 Å². The second kappa shape index (κ2) is 5.71. The minimum atomic E-state index is -2.91. The third-order valence-corrected chi connectivity index (χ3v) is 1.75. The van der Waals surface area contributed by atoms with Gasteiger partial charge in [-0.3, -0.25) is 4.74 Å². The number of carbonyl (C=O) groups is 1. The highest BCUT2D eigenvalue weighted by Crippen LogP contribution is 1.99. The molecule has 0 aromatic rings. The minimum absolute atomic E-state index is 0.521. The number of hydrogen-bond donors (Lipinski definition) is 1. The standard InChI is InChI=1S/C7H12F2N2O3/c8-6(9)13-5-14-7(12)11-3-1-10-2-4-11/h6,10H,1-5H2. The van der Waals surface area contributed by atoms with Crippen LogP contribution in [0, 0.1) is 0 Å². The molecular formula is C7H12F2N2O3. The summed E-state index contributed by atoms with van der Waals surface area (Å²) in [6.07, 6.45) is -0.618. The van der Waals surface area contributed by atoms with E-state index >= 15 is 0 Å². The highest BCUT2D eigenvalue weighted by Gasteiger charge is 2.17. The van der Waals surface area contributed by atoms with Crippen LogP contribution < -0.4 is 5.32 Å². The maximum atomic E-state index is 11.5. The molecule has 1 heterocycles. The number of nitrogens with one attached hydrogen (secondary N) is 1. The van der Waals surface area contributed by atoms with Crippen LogP contribution in [0.15, 0.2) is 0 Å². The summed E-state index contributed by atoms with van der Waals surface area (Å²) in [5.74, 6) is 0. The molecule has 1 amide bonds. The summed E-state index contributed by atoms with van der Waals surface area (Å²) >= 11 is 0. The molecule has 1 rings (SSSR count). The minimum Gasteiger partial charge on any atom is -0.422 e. The summed E-state index contributed by atoms with van der Waals surface area (Å²) in [5, 5.41) is 3.04. The Bertz CT molecular complexity index is 186. The van der Waals surface area contributed by atoms with Gasteiger partial charge in [-0.15, -0.1) is 0 Å². The number of alkyl halides is 2. The summed E-state index contributed by atoms with van der Waals surface area (Å²) in [6.45, 7) is -1.21. The Morgan fingerprint density at radius 2 is 2.07 bits per heavy atom. The van der Waals surface area contributed by atoms with Crippen molar-refractivity contribution in [1.29, 1.82) is 0 Å². The number of nitrogens with zero attached hydrogens (tertiary/aromatic N) is 1. The maximum absolute atomic E-state index is 11.5. The zero-order valence-corrected chi connectivity index (χ0v) is 7.54. The Morgan fingerprint density at radius 1 is 1.43 bits per heavy atom. The number of ether oxygens (including phenoxy) is 2. The highest BCUT2D eigenvalue weighted by molar-refractivity contribution is 5.67. The molecule has 0 unspecified atom stereocenters. The van der Waals surface area contributed by atoms with Crippen LogP contribution in [0.1, 0.15) is 0 Å². The van der Waals surface area contributed by atoms with Gasteiger partial charge in [-0.05, 0) is 0 Å².